The van der Waals surface area contributed by atoms with E-state index in [-0.39, 0.29) is 6.04 Å². The molecule has 0 aliphatic heterocycles. The molecule has 0 spiro atoms. The van der Waals surface area contributed by atoms with E-state index in [1.54, 1.807) is 0 Å². The molecule has 170 valence electrons. The van der Waals surface area contributed by atoms with Gasteiger partial charge in [-0.15, -0.1) is 0 Å². The fraction of sp³-hybridized carbons (Fsp3) is 0.964. The van der Waals surface area contributed by atoms with Crippen LogP contribution in [-0.2, 0) is 4.79 Å². The van der Waals surface area contributed by atoms with Crippen molar-refractivity contribution >= 4 is 6.08 Å². The van der Waals surface area contributed by atoms with E-state index < -0.39 is 0 Å². The van der Waals surface area contributed by atoms with Gasteiger partial charge in [0.25, 0.3) is 0 Å². The Morgan fingerprint density at radius 1 is 0.900 bits per heavy atom. The zero-order valence-corrected chi connectivity index (χ0v) is 20.5. The van der Waals surface area contributed by atoms with E-state index in [1.807, 2.05) is 6.08 Å². The molecule has 4 fully saturated rings. The summed E-state index contributed by atoms with van der Waals surface area (Å²) >= 11 is 0. The molecule has 0 aromatic rings. The van der Waals surface area contributed by atoms with Crippen LogP contribution in [0.25, 0.3) is 0 Å². The van der Waals surface area contributed by atoms with Gasteiger partial charge in [0.2, 0.25) is 6.08 Å². The van der Waals surface area contributed by atoms with E-state index in [4.69, 9.17) is 0 Å². The Labute approximate surface area is 186 Å². The van der Waals surface area contributed by atoms with Gasteiger partial charge in [-0.2, -0.15) is 0 Å². The first-order valence-corrected chi connectivity index (χ1v) is 13.4. The molecule has 4 aliphatic rings. The van der Waals surface area contributed by atoms with Gasteiger partial charge in [-0.3, -0.25) is 0 Å². The van der Waals surface area contributed by atoms with Crippen LogP contribution >= 0.6 is 0 Å². The van der Waals surface area contributed by atoms with E-state index in [2.05, 4.69) is 39.6 Å². The molecule has 0 saturated heterocycles. The maximum Gasteiger partial charge on any atom is 0.235 e. The lowest BCUT2D eigenvalue weighted by Gasteiger charge is -2.61. The lowest BCUT2D eigenvalue weighted by Crippen LogP contribution is -2.54. The molecule has 0 aromatic carbocycles. The Kier molecular flexibility index (Phi) is 6.56. The summed E-state index contributed by atoms with van der Waals surface area (Å²) in [5, 5.41) is 0. The first-order chi connectivity index (χ1) is 14.3. The van der Waals surface area contributed by atoms with Crippen LogP contribution in [0.5, 0.6) is 0 Å². The summed E-state index contributed by atoms with van der Waals surface area (Å²) in [5.41, 5.74) is 1.10. The van der Waals surface area contributed by atoms with Crippen LogP contribution in [0.1, 0.15) is 112 Å². The number of hydrogen-bond donors (Lipinski definition) is 0. The van der Waals surface area contributed by atoms with Crippen LogP contribution in [0.2, 0.25) is 0 Å². The Hall–Kier alpha value is -0.620. The fourth-order valence-electron chi connectivity index (χ4n) is 9.45. The van der Waals surface area contributed by atoms with Gasteiger partial charge >= 0.3 is 0 Å². The van der Waals surface area contributed by atoms with Crippen molar-refractivity contribution in [1.82, 2.24) is 0 Å². The molecule has 0 N–H and O–H groups in total. The zero-order valence-electron chi connectivity index (χ0n) is 20.5. The predicted molar refractivity (Wildman–Crippen MR) is 125 cm³/mol. The average Bonchev–Trinajstić information content (AvgIpc) is 3.05. The highest BCUT2D eigenvalue weighted by molar-refractivity contribution is 5.33. The van der Waals surface area contributed by atoms with Crippen LogP contribution < -0.4 is 0 Å². The number of fused-ring (bicyclic) bond motifs is 5. The molecule has 2 heteroatoms. The van der Waals surface area contributed by atoms with E-state index in [0.717, 1.165) is 54.3 Å². The van der Waals surface area contributed by atoms with Gasteiger partial charge in [-0.25, -0.2) is 9.79 Å². The second-order valence-corrected chi connectivity index (χ2v) is 12.8. The van der Waals surface area contributed by atoms with Gasteiger partial charge in [-0.1, -0.05) is 53.9 Å². The molecule has 0 bridgehead atoms. The number of carbonyl (C=O) groups excluding carboxylic acids is 1. The Morgan fingerprint density at radius 2 is 1.63 bits per heavy atom. The lowest BCUT2D eigenvalue weighted by molar-refractivity contribution is -0.116. The molecular formula is C28H47NO. The van der Waals surface area contributed by atoms with Gasteiger partial charge in [0.05, 0.1) is 6.04 Å². The first kappa shape index (κ1) is 22.6. The summed E-state index contributed by atoms with van der Waals surface area (Å²) in [6.45, 7) is 12.6. The molecule has 0 unspecified atom stereocenters. The summed E-state index contributed by atoms with van der Waals surface area (Å²) in [5.74, 6) is 6.35. The second kappa shape index (κ2) is 8.73. The number of hydrogen-bond acceptors (Lipinski definition) is 2. The third-order valence-corrected chi connectivity index (χ3v) is 11.1. The minimum absolute atomic E-state index is 0.258. The molecule has 4 saturated carbocycles. The smallest absolute Gasteiger partial charge is 0.211 e. The van der Waals surface area contributed by atoms with Crippen LogP contribution in [0, 0.1) is 52.3 Å². The van der Waals surface area contributed by atoms with Crippen LogP contribution in [0.3, 0.4) is 0 Å². The number of rotatable bonds is 6. The molecule has 2 nitrogen and oxygen atoms in total. The highest BCUT2D eigenvalue weighted by Gasteiger charge is 2.60. The Morgan fingerprint density at radius 3 is 2.37 bits per heavy atom. The van der Waals surface area contributed by atoms with Crippen LogP contribution in [0.15, 0.2) is 4.99 Å². The average molecular weight is 414 g/mol. The quantitative estimate of drug-likeness (QED) is 0.322. The normalized spacial score (nSPS) is 46.5. The van der Waals surface area contributed by atoms with Gasteiger partial charge in [0.15, 0.2) is 0 Å². The molecule has 4 rings (SSSR count). The van der Waals surface area contributed by atoms with Crippen molar-refractivity contribution in [2.45, 2.75) is 118 Å². The number of aliphatic imine (C=N–C) groups is 1. The largest absolute Gasteiger partial charge is 0.235 e. The SMILES string of the molecule is CC(C)CCC[C@@H](C)[C@H]1CC[C@H]2[C@@H]3CC[C@H]4C[C@H](N=C=O)CC[C@]4(C)[C@H]3CC[C@]12C. The molecule has 30 heavy (non-hydrogen) atoms. The highest BCUT2D eigenvalue weighted by Crippen LogP contribution is 2.68. The van der Waals surface area contributed by atoms with Crippen molar-refractivity contribution < 1.29 is 4.79 Å². The van der Waals surface area contributed by atoms with Gasteiger partial charge in [-0.05, 0) is 110 Å². The van der Waals surface area contributed by atoms with Crippen LogP contribution in [-0.4, -0.2) is 12.1 Å². The monoisotopic (exact) mass is 413 g/mol. The molecule has 4 aliphatic carbocycles. The summed E-state index contributed by atoms with van der Waals surface area (Å²) < 4.78 is 0. The molecular weight excluding hydrogens is 366 g/mol. The van der Waals surface area contributed by atoms with Crippen molar-refractivity contribution in [3.8, 4) is 0 Å². The van der Waals surface area contributed by atoms with Crippen LogP contribution in [0.4, 0.5) is 0 Å². The molecule has 0 heterocycles. The van der Waals surface area contributed by atoms with Gasteiger partial charge in [0.1, 0.15) is 0 Å². The summed E-state index contributed by atoms with van der Waals surface area (Å²) in [6, 6.07) is 0.258. The zero-order chi connectivity index (χ0) is 21.5. The summed E-state index contributed by atoms with van der Waals surface area (Å²) in [7, 11) is 0. The van der Waals surface area contributed by atoms with E-state index in [9.17, 15) is 4.79 Å². The topological polar surface area (TPSA) is 29.4 Å². The van der Waals surface area contributed by atoms with Crippen molar-refractivity contribution in [1.29, 1.82) is 0 Å². The van der Waals surface area contributed by atoms with Gasteiger partial charge in [0, 0.05) is 0 Å². The fourth-order valence-corrected chi connectivity index (χ4v) is 9.45. The second-order valence-electron chi connectivity index (χ2n) is 12.8. The first-order valence-electron chi connectivity index (χ1n) is 13.4. The third kappa shape index (κ3) is 3.85. The van der Waals surface area contributed by atoms with Crippen molar-refractivity contribution in [2.24, 2.45) is 57.2 Å². The molecule has 0 radical (unpaired) electrons. The van der Waals surface area contributed by atoms with Crippen molar-refractivity contribution in [3.63, 3.8) is 0 Å². The molecule has 0 amide bonds. The lowest BCUT2D eigenvalue weighted by atomic mass is 9.44. The maximum absolute atomic E-state index is 10.8. The van der Waals surface area contributed by atoms with E-state index >= 15 is 0 Å². The standard InChI is InChI=1S/C28H47NO/c1-19(2)7-6-8-20(3)24-11-12-25-23-10-9-21-17-22(29-18-30)13-15-27(21,4)26(23)14-16-28(24,25)5/h19-26H,6-17H2,1-5H3/t20-,21+,22-,23+,24-,25+,26+,27+,28-/m1/s1. The molecule has 9 atom stereocenters. The maximum atomic E-state index is 10.8. The third-order valence-electron chi connectivity index (χ3n) is 11.1. The summed E-state index contributed by atoms with van der Waals surface area (Å²) in [4.78, 5) is 14.9. The molecule has 0 aromatic heterocycles. The Balaban J connectivity index is 1.45. The number of isocyanates is 1. The number of nitrogens with zero attached hydrogens (tertiary/aromatic N) is 1. The minimum Gasteiger partial charge on any atom is -0.211 e. The van der Waals surface area contributed by atoms with E-state index in [0.29, 0.717) is 10.8 Å². The van der Waals surface area contributed by atoms with Crippen molar-refractivity contribution in [2.75, 3.05) is 0 Å². The Bertz CT molecular complexity index is 651. The van der Waals surface area contributed by atoms with Crippen molar-refractivity contribution in [3.05, 3.63) is 0 Å². The minimum atomic E-state index is 0.258. The van der Waals surface area contributed by atoms with Gasteiger partial charge < -0.3 is 0 Å². The highest BCUT2D eigenvalue weighted by atomic mass is 16.1. The summed E-state index contributed by atoms with van der Waals surface area (Å²) in [6.07, 6.45) is 18.4. The van der Waals surface area contributed by atoms with E-state index in [1.165, 1.54) is 64.2 Å². The predicted octanol–water partition coefficient (Wildman–Crippen LogP) is 7.81.